The van der Waals surface area contributed by atoms with Crippen molar-refractivity contribution in [3.05, 3.63) is 60.2 Å². The minimum Gasteiger partial charge on any atom is -0.493 e. The maximum Gasteiger partial charge on any atom is 0.213 e. The van der Waals surface area contributed by atoms with Gasteiger partial charge in [0.2, 0.25) is 10.0 Å². The third kappa shape index (κ3) is 10.2. The van der Waals surface area contributed by atoms with Crippen LogP contribution in [0.25, 0.3) is 0 Å². The van der Waals surface area contributed by atoms with Gasteiger partial charge >= 0.3 is 0 Å². The van der Waals surface area contributed by atoms with Gasteiger partial charge in [0.25, 0.3) is 0 Å². The second-order valence-corrected chi connectivity index (χ2v) is 8.51. The molecule has 2 rings (SSSR count). The molecule has 0 saturated carbocycles. The minimum atomic E-state index is -3.40. The van der Waals surface area contributed by atoms with E-state index in [9.17, 15) is 8.42 Å². The molecule has 0 amide bonds. The highest BCUT2D eigenvalue weighted by atomic mass is 127. The second kappa shape index (κ2) is 14.1. The van der Waals surface area contributed by atoms with Gasteiger partial charge in [0.15, 0.2) is 17.5 Å². The van der Waals surface area contributed by atoms with Crippen LogP contribution >= 0.6 is 24.0 Å². The summed E-state index contributed by atoms with van der Waals surface area (Å²) in [5.74, 6) is 1.77. The molecule has 10 heteroatoms. The Labute approximate surface area is 201 Å². The van der Waals surface area contributed by atoms with Gasteiger partial charge in [-0.05, 0) is 24.6 Å². The number of ether oxygens (including phenoxy) is 2. The molecule has 0 aliphatic rings. The summed E-state index contributed by atoms with van der Waals surface area (Å²) in [6, 6.07) is 16.8. The van der Waals surface area contributed by atoms with E-state index >= 15 is 0 Å². The molecular weight excluding hydrogens is 531 g/mol. The monoisotopic (exact) mass is 562 g/mol. The smallest absolute Gasteiger partial charge is 0.213 e. The zero-order valence-electron chi connectivity index (χ0n) is 18.0. The highest BCUT2D eigenvalue weighted by Crippen LogP contribution is 2.26. The number of nitrogens with one attached hydrogen (secondary N) is 3. The first-order valence-corrected chi connectivity index (χ1v) is 11.3. The molecule has 0 aromatic heterocycles. The summed E-state index contributed by atoms with van der Waals surface area (Å²) in [5, 5.41) is 6.13. The predicted molar refractivity (Wildman–Crippen MR) is 135 cm³/mol. The Morgan fingerprint density at radius 2 is 1.68 bits per heavy atom. The van der Waals surface area contributed by atoms with E-state index in [2.05, 4.69) is 20.3 Å². The molecule has 0 saturated heterocycles. The van der Waals surface area contributed by atoms with Gasteiger partial charge in [-0.25, -0.2) is 13.1 Å². The van der Waals surface area contributed by atoms with Gasteiger partial charge in [0.05, 0.1) is 19.4 Å². The SMILES string of the molecule is CN=C(NCCS(=O)(=O)NCc1ccccc1)NCC(C)Oc1ccccc1OC.I. The number of aliphatic imine (C=N–C) groups is 1. The lowest BCUT2D eigenvalue weighted by Gasteiger charge is -2.19. The van der Waals surface area contributed by atoms with E-state index in [1.54, 1.807) is 14.2 Å². The van der Waals surface area contributed by atoms with Crippen molar-refractivity contribution in [3.63, 3.8) is 0 Å². The number of rotatable bonds is 11. The predicted octanol–water partition coefficient (Wildman–Crippen LogP) is 2.37. The van der Waals surface area contributed by atoms with Gasteiger partial charge in [0, 0.05) is 20.1 Å². The van der Waals surface area contributed by atoms with E-state index in [4.69, 9.17) is 9.47 Å². The molecule has 0 bridgehead atoms. The number of hydrogen-bond acceptors (Lipinski definition) is 5. The number of sulfonamides is 1. The Balaban J connectivity index is 0.00000480. The molecule has 8 nitrogen and oxygen atoms in total. The lowest BCUT2D eigenvalue weighted by molar-refractivity contribution is 0.213. The summed E-state index contributed by atoms with van der Waals surface area (Å²) >= 11 is 0. The Morgan fingerprint density at radius 3 is 2.32 bits per heavy atom. The average molecular weight is 562 g/mol. The standard InChI is InChI=1S/C21H30N4O4S.HI/c1-17(29-20-12-8-7-11-19(20)28-3)15-24-21(22-2)23-13-14-30(26,27)25-16-18-9-5-4-6-10-18;/h4-12,17,25H,13-16H2,1-3H3,(H2,22,23,24);1H. The first-order chi connectivity index (χ1) is 14.4. The van der Waals surface area contributed by atoms with Crippen molar-refractivity contribution in [1.82, 2.24) is 15.4 Å². The molecule has 0 aliphatic heterocycles. The fourth-order valence-electron chi connectivity index (χ4n) is 2.60. The normalized spacial score (nSPS) is 12.4. The van der Waals surface area contributed by atoms with Crippen LogP contribution in [0.3, 0.4) is 0 Å². The molecule has 2 aromatic carbocycles. The zero-order valence-corrected chi connectivity index (χ0v) is 21.1. The van der Waals surface area contributed by atoms with Crippen LogP contribution in [0.5, 0.6) is 11.5 Å². The van der Waals surface area contributed by atoms with Crippen LogP contribution in [0.2, 0.25) is 0 Å². The second-order valence-electron chi connectivity index (χ2n) is 6.58. The van der Waals surface area contributed by atoms with Crippen molar-refractivity contribution in [2.45, 2.75) is 19.6 Å². The van der Waals surface area contributed by atoms with Crippen molar-refractivity contribution < 1.29 is 17.9 Å². The van der Waals surface area contributed by atoms with Gasteiger partial charge in [-0.3, -0.25) is 4.99 Å². The van der Waals surface area contributed by atoms with Crippen LogP contribution in [-0.4, -0.2) is 53.5 Å². The Hall–Kier alpha value is -2.05. The maximum atomic E-state index is 12.2. The van der Waals surface area contributed by atoms with Crippen molar-refractivity contribution in [3.8, 4) is 11.5 Å². The number of guanidine groups is 1. The summed E-state index contributed by atoms with van der Waals surface area (Å²) in [4.78, 5) is 4.11. The van der Waals surface area contributed by atoms with Crippen molar-refractivity contribution in [2.24, 2.45) is 4.99 Å². The fourth-order valence-corrected chi connectivity index (χ4v) is 3.50. The van der Waals surface area contributed by atoms with Gasteiger partial charge in [0.1, 0.15) is 6.10 Å². The van der Waals surface area contributed by atoms with E-state index in [1.807, 2.05) is 61.5 Å². The van der Waals surface area contributed by atoms with Crippen LogP contribution in [0.15, 0.2) is 59.6 Å². The molecule has 0 radical (unpaired) electrons. The maximum absolute atomic E-state index is 12.2. The number of hydrogen-bond donors (Lipinski definition) is 3. The van der Waals surface area contributed by atoms with Gasteiger partial charge < -0.3 is 20.1 Å². The third-order valence-electron chi connectivity index (χ3n) is 4.18. The Kier molecular flexibility index (Phi) is 12.3. The lowest BCUT2D eigenvalue weighted by Crippen LogP contribution is -2.44. The van der Waals surface area contributed by atoms with Gasteiger partial charge in [-0.15, -0.1) is 24.0 Å². The van der Waals surface area contributed by atoms with Crippen molar-refractivity contribution in [1.29, 1.82) is 0 Å². The fraction of sp³-hybridized carbons (Fsp3) is 0.381. The van der Waals surface area contributed by atoms with Crippen LogP contribution in [0.4, 0.5) is 0 Å². The van der Waals surface area contributed by atoms with Gasteiger partial charge in [-0.1, -0.05) is 42.5 Å². The summed E-state index contributed by atoms with van der Waals surface area (Å²) < 4.78 is 38.1. The summed E-state index contributed by atoms with van der Waals surface area (Å²) in [6.07, 6.45) is -0.156. The molecular formula is C21H31IN4O4S. The van der Waals surface area contributed by atoms with Crippen molar-refractivity contribution >= 4 is 40.0 Å². The molecule has 0 aliphatic carbocycles. The van der Waals surface area contributed by atoms with E-state index in [1.165, 1.54) is 0 Å². The number of halogens is 1. The number of benzene rings is 2. The molecule has 0 heterocycles. The van der Waals surface area contributed by atoms with E-state index < -0.39 is 10.0 Å². The molecule has 1 atom stereocenters. The summed E-state index contributed by atoms with van der Waals surface area (Å²) in [7, 11) is -0.172. The van der Waals surface area contributed by atoms with Crippen LogP contribution < -0.4 is 24.8 Å². The van der Waals surface area contributed by atoms with Crippen LogP contribution in [-0.2, 0) is 16.6 Å². The Bertz CT molecular complexity index is 911. The average Bonchev–Trinajstić information content (AvgIpc) is 2.76. The molecule has 0 fully saturated rings. The third-order valence-corrected chi connectivity index (χ3v) is 5.51. The molecule has 3 N–H and O–H groups in total. The first-order valence-electron chi connectivity index (χ1n) is 9.69. The molecule has 0 spiro atoms. The topological polar surface area (TPSA) is 101 Å². The minimum absolute atomic E-state index is 0. The van der Waals surface area contributed by atoms with Gasteiger partial charge in [-0.2, -0.15) is 0 Å². The van der Waals surface area contributed by atoms with E-state index in [0.29, 0.717) is 24.0 Å². The molecule has 172 valence electrons. The largest absolute Gasteiger partial charge is 0.493 e. The quantitative estimate of drug-likeness (QED) is 0.221. The highest BCUT2D eigenvalue weighted by molar-refractivity contribution is 14.0. The first kappa shape index (κ1) is 27.0. The lowest BCUT2D eigenvalue weighted by atomic mass is 10.2. The zero-order chi connectivity index (χ0) is 21.8. The highest BCUT2D eigenvalue weighted by Gasteiger charge is 2.12. The van der Waals surface area contributed by atoms with Crippen molar-refractivity contribution in [2.75, 3.05) is 33.0 Å². The van der Waals surface area contributed by atoms with Crippen LogP contribution in [0, 0.1) is 0 Å². The summed E-state index contributed by atoms with van der Waals surface area (Å²) in [5.41, 5.74) is 0.913. The number of nitrogens with zero attached hydrogens (tertiary/aromatic N) is 1. The number of para-hydroxylation sites is 2. The summed E-state index contributed by atoms with van der Waals surface area (Å²) in [6.45, 7) is 2.90. The van der Waals surface area contributed by atoms with E-state index in [-0.39, 0.29) is 48.9 Å². The number of methoxy groups -OCH3 is 1. The molecule has 31 heavy (non-hydrogen) atoms. The Morgan fingerprint density at radius 1 is 1.03 bits per heavy atom. The molecule has 2 aromatic rings. The van der Waals surface area contributed by atoms with Crippen LogP contribution in [0.1, 0.15) is 12.5 Å². The molecule has 1 unspecified atom stereocenters. The van der Waals surface area contributed by atoms with E-state index in [0.717, 1.165) is 5.56 Å².